The van der Waals surface area contributed by atoms with E-state index in [2.05, 4.69) is 16.2 Å². The van der Waals surface area contributed by atoms with Crippen LogP contribution in [0.2, 0.25) is 0 Å². The Hall–Kier alpha value is -1.90. The van der Waals surface area contributed by atoms with Gasteiger partial charge in [-0.15, -0.1) is 0 Å². The van der Waals surface area contributed by atoms with Crippen molar-refractivity contribution in [2.75, 3.05) is 13.1 Å². The van der Waals surface area contributed by atoms with Crippen LogP contribution in [0, 0.1) is 16.7 Å². The Morgan fingerprint density at radius 3 is 2.84 bits per heavy atom. The first-order valence-corrected chi connectivity index (χ1v) is 6.80. The summed E-state index contributed by atoms with van der Waals surface area (Å²) >= 11 is 0. The van der Waals surface area contributed by atoms with Gasteiger partial charge in [0.1, 0.15) is 18.1 Å². The van der Waals surface area contributed by atoms with Crippen LogP contribution in [-0.2, 0) is 4.79 Å². The molecule has 2 fully saturated rings. The van der Waals surface area contributed by atoms with Crippen molar-refractivity contribution in [2.45, 2.75) is 38.1 Å². The average Bonchev–Trinajstić information content (AvgIpc) is 2.92. The Kier molecular flexibility index (Phi) is 2.97. The van der Waals surface area contributed by atoms with Crippen LogP contribution in [0.4, 0.5) is 0 Å². The summed E-state index contributed by atoms with van der Waals surface area (Å²) in [5.41, 5.74) is -0.732. The van der Waals surface area contributed by atoms with Gasteiger partial charge in [-0.25, -0.2) is 9.67 Å². The van der Waals surface area contributed by atoms with E-state index in [0.717, 1.165) is 25.8 Å². The van der Waals surface area contributed by atoms with Gasteiger partial charge in [-0.3, -0.25) is 4.79 Å². The normalized spacial score (nSPS) is 25.4. The summed E-state index contributed by atoms with van der Waals surface area (Å²) in [6, 6.07) is 2.43. The highest BCUT2D eigenvalue weighted by Crippen LogP contribution is 2.42. The summed E-state index contributed by atoms with van der Waals surface area (Å²) in [5.74, 6) is 0.0195. The first-order valence-electron chi connectivity index (χ1n) is 6.80. The Balaban J connectivity index is 1.72. The lowest BCUT2D eigenvalue weighted by molar-refractivity contribution is -0.144. The van der Waals surface area contributed by atoms with Crippen molar-refractivity contribution in [2.24, 2.45) is 5.41 Å². The van der Waals surface area contributed by atoms with E-state index in [1.807, 2.05) is 9.58 Å². The highest BCUT2D eigenvalue weighted by Gasteiger charge is 2.47. The predicted octanol–water partition coefficient (Wildman–Crippen LogP) is 1.14. The third-order valence-electron chi connectivity index (χ3n) is 4.32. The molecular weight excluding hydrogens is 242 g/mol. The SMILES string of the molecule is N#CC1(C(=O)N2CCC[C@H](n3cncn3)C2)CCC1. The maximum Gasteiger partial charge on any atom is 0.243 e. The molecule has 1 saturated heterocycles. The van der Waals surface area contributed by atoms with E-state index in [-0.39, 0.29) is 11.9 Å². The molecule has 1 aliphatic carbocycles. The van der Waals surface area contributed by atoms with Gasteiger partial charge in [-0.05, 0) is 32.1 Å². The molecule has 6 heteroatoms. The smallest absolute Gasteiger partial charge is 0.243 e. The van der Waals surface area contributed by atoms with E-state index in [0.29, 0.717) is 19.4 Å². The van der Waals surface area contributed by atoms with Gasteiger partial charge < -0.3 is 4.90 Å². The summed E-state index contributed by atoms with van der Waals surface area (Å²) < 4.78 is 1.82. The third kappa shape index (κ3) is 1.99. The number of hydrogen-bond acceptors (Lipinski definition) is 4. The zero-order chi connectivity index (χ0) is 13.3. The van der Waals surface area contributed by atoms with Gasteiger partial charge in [0.15, 0.2) is 0 Å². The summed E-state index contributed by atoms with van der Waals surface area (Å²) in [4.78, 5) is 18.3. The maximum atomic E-state index is 12.5. The second-order valence-electron chi connectivity index (χ2n) is 5.47. The molecule has 1 aromatic heterocycles. The van der Waals surface area contributed by atoms with Crippen molar-refractivity contribution in [1.29, 1.82) is 5.26 Å². The van der Waals surface area contributed by atoms with E-state index in [1.54, 1.807) is 6.33 Å². The zero-order valence-electron chi connectivity index (χ0n) is 10.8. The van der Waals surface area contributed by atoms with Gasteiger partial charge in [0.2, 0.25) is 5.91 Å². The number of nitriles is 1. The van der Waals surface area contributed by atoms with Crippen molar-refractivity contribution < 1.29 is 4.79 Å². The van der Waals surface area contributed by atoms with Crippen LogP contribution < -0.4 is 0 Å². The molecule has 0 spiro atoms. The molecule has 1 atom stereocenters. The fourth-order valence-electron chi connectivity index (χ4n) is 2.97. The van der Waals surface area contributed by atoms with Crippen molar-refractivity contribution >= 4 is 5.91 Å². The third-order valence-corrected chi connectivity index (χ3v) is 4.32. The van der Waals surface area contributed by atoms with Gasteiger partial charge in [-0.1, -0.05) is 0 Å². The van der Waals surface area contributed by atoms with Crippen LogP contribution in [0.25, 0.3) is 0 Å². The van der Waals surface area contributed by atoms with Crippen molar-refractivity contribution in [3.63, 3.8) is 0 Å². The largest absolute Gasteiger partial charge is 0.339 e. The number of piperidine rings is 1. The molecule has 100 valence electrons. The van der Waals surface area contributed by atoms with Gasteiger partial charge in [0.05, 0.1) is 12.1 Å². The molecule has 1 aliphatic heterocycles. The number of aromatic nitrogens is 3. The molecule has 0 radical (unpaired) electrons. The molecule has 1 saturated carbocycles. The molecule has 2 heterocycles. The monoisotopic (exact) mass is 259 g/mol. The molecule has 0 aromatic carbocycles. The number of carbonyl (C=O) groups excluding carboxylic acids is 1. The fraction of sp³-hybridized carbons (Fsp3) is 0.692. The molecule has 3 rings (SSSR count). The Morgan fingerprint density at radius 1 is 1.42 bits per heavy atom. The van der Waals surface area contributed by atoms with E-state index in [4.69, 9.17) is 0 Å². The van der Waals surface area contributed by atoms with Crippen LogP contribution in [0.3, 0.4) is 0 Å². The number of likely N-dealkylation sites (tertiary alicyclic amines) is 1. The Labute approximate surface area is 112 Å². The summed E-state index contributed by atoms with van der Waals surface area (Å²) in [7, 11) is 0. The summed E-state index contributed by atoms with van der Waals surface area (Å²) in [6.45, 7) is 1.40. The molecule has 1 aromatic rings. The van der Waals surface area contributed by atoms with Crippen LogP contribution in [0.15, 0.2) is 12.7 Å². The quantitative estimate of drug-likeness (QED) is 0.798. The van der Waals surface area contributed by atoms with E-state index >= 15 is 0 Å². The minimum absolute atomic E-state index is 0.0195. The number of hydrogen-bond donors (Lipinski definition) is 0. The number of amides is 1. The van der Waals surface area contributed by atoms with Crippen LogP contribution in [-0.4, -0.2) is 38.7 Å². The van der Waals surface area contributed by atoms with Crippen LogP contribution >= 0.6 is 0 Å². The average molecular weight is 259 g/mol. The van der Waals surface area contributed by atoms with Crippen LogP contribution in [0.5, 0.6) is 0 Å². The summed E-state index contributed by atoms with van der Waals surface area (Å²) in [5, 5.41) is 13.4. The topological polar surface area (TPSA) is 74.8 Å². The molecule has 0 unspecified atom stereocenters. The standard InChI is InChI=1S/C13H17N5O/c14-8-13(4-2-5-13)12(19)17-6-1-3-11(7-17)18-10-15-9-16-18/h9-11H,1-7H2/t11-/m0/s1. The highest BCUT2D eigenvalue weighted by atomic mass is 16.2. The molecule has 0 bridgehead atoms. The maximum absolute atomic E-state index is 12.5. The molecular formula is C13H17N5O. The molecule has 1 amide bonds. The van der Waals surface area contributed by atoms with Gasteiger partial charge in [-0.2, -0.15) is 10.4 Å². The van der Waals surface area contributed by atoms with Gasteiger partial charge in [0, 0.05) is 13.1 Å². The Bertz CT molecular complexity index is 500. The van der Waals surface area contributed by atoms with E-state index in [9.17, 15) is 10.1 Å². The van der Waals surface area contributed by atoms with Crippen molar-refractivity contribution in [3.8, 4) is 6.07 Å². The van der Waals surface area contributed by atoms with Crippen LogP contribution in [0.1, 0.15) is 38.1 Å². The lowest BCUT2D eigenvalue weighted by atomic mass is 9.69. The molecule has 6 nitrogen and oxygen atoms in total. The van der Waals surface area contributed by atoms with Gasteiger partial charge >= 0.3 is 0 Å². The lowest BCUT2D eigenvalue weighted by Crippen LogP contribution is -2.50. The first-order chi connectivity index (χ1) is 9.25. The van der Waals surface area contributed by atoms with Crippen molar-refractivity contribution in [1.82, 2.24) is 19.7 Å². The minimum atomic E-state index is -0.732. The first kappa shape index (κ1) is 12.2. The minimum Gasteiger partial charge on any atom is -0.339 e. The van der Waals surface area contributed by atoms with Gasteiger partial charge in [0.25, 0.3) is 0 Å². The predicted molar refractivity (Wildman–Crippen MR) is 66.8 cm³/mol. The molecule has 19 heavy (non-hydrogen) atoms. The molecule has 0 N–H and O–H groups in total. The fourth-order valence-corrected chi connectivity index (χ4v) is 2.97. The molecule has 2 aliphatic rings. The number of carbonyl (C=O) groups is 1. The highest BCUT2D eigenvalue weighted by molar-refractivity contribution is 5.86. The van der Waals surface area contributed by atoms with E-state index in [1.165, 1.54) is 6.33 Å². The number of nitrogens with zero attached hydrogens (tertiary/aromatic N) is 5. The lowest BCUT2D eigenvalue weighted by Gasteiger charge is -2.41. The van der Waals surface area contributed by atoms with E-state index < -0.39 is 5.41 Å². The second-order valence-corrected chi connectivity index (χ2v) is 5.47. The second kappa shape index (κ2) is 4.65. The zero-order valence-corrected chi connectivity index (χ0v) is 10.8. The Morgan fingerprint density at radius 2 is 2.26 bits per heavy atom. The summed E-state index contributed by atoms with van der Waals surface area (Å²) in [6.07, 6.45) is 7.59. The van der Waals surface area contributed by atoms with Crippen molar-refractivity contribution in [3.05, 3.63) is 12.7 Å². The number of rotatable bonds is 2.